The third kappa shape index (κ3) is 2.98. The third-order valence-corrected chi connectivity index (χ3v) is 4.18. The number of pyridine rings is 1. The van der Waals surface area contributed by atoms with E-state index in [1.54, 1.807) is 0 Å². The van der Waals surface area contributed by atoms with Crippen molar-refractivity contribution >= 4 is 5.65 Å². The highest BCUT2D eigenvalue weighted by atomic mass is 15.0. The van der Waals surface area contributed by atoms with Crippen molar-refractivity contribution in [1.82, 2.24) is 14.7 Å². The summed E-state index contributed by atoms with van der Waals surface area (Å²) in [7, 11) is 0. The van der Waals surface area contributed by atoms with Gasteiger partial charge in [-0.25, -0.2) is 4.98 Å². The second-order valence-corrected chi connectivity index (χ2v) is 5.32. The molecule has 0 radical (unpaired) electrons. The summed E-state index contributed by atoms with van der Waals surface area (Å²) >= 11 is 0. The summed E-state index contributed by atoms with van der Waals surface area (Å²) in [6.45, 7) is 9.80. The van der Waals surface area contributed by atoms with Crippen LogP contribution in [-0.2, 0) is 6.54 Å². The average Bonchev–Trinajstić information content (AvgIpc) is 2.73. The molecule has 104 valence electrons. The van der Waals surface area contributed by atoms with Crippen molar-refractivity contribution in [3.8, 4) is 0 Å². The molecule has 2 aromatic heterocycles. The van der Waals surface area contributed by atoms with Gasteiger partial charge in [-0.3, -0.25) is 0 Å². The summed E-state index contributed by atoms with van der Waals surface area (Å²) in [6, 6.07) is 6.69. The van der Waals surface area contributed by atoms with E-state index in [9.17, 15) is 0 Å². The van der Waals surface area contributed by atoms with Crippen molar-refractivity contribution < 1.29 is 0 Å². The molecule has 0 spiro atoms. The Bertz CT molecular complexity index is 526. The van der Waals surface area contributed by atoms with Gasteiger partial charge in [-0.15, -0.1) is 0 Å². The maximum absolute atomic E-state index is 4.60. The molecule has 1 N–H and O–H groups in total. The first-order valence-corrected chi connectivity index (χ1v) is 7.33. The lowest BCUT2D eigenvalue weighted by Gasteiger charge is -2.22. The van der Waals surface area contributed by atoms with E-state index >= 15 is 0 Å². The van der Waals surface area contributed by atoms with E-state index in [2.05, 4.69) is 60.7 Å². The number of aryl methyl sites for hydroxylation is 1. The van der Waals surface area contributed by atoms with Crippen molar-refractivity contribution in [1.29, 1.82) is 0 Å². The first-order valence-electron chi connectivity index (χ1n) is 7.33. The van der Waals surface area contributed by atoms with Gasteiger partial charge in [-0.2, -0.15) is 0 Å². The maximum Gasteiger partial charge on any atom is 0.137 e. The normalized spacial score (nSPS) is 13.3. The molecule has 0 aliphatic rings. The summed E-state index contributed by atoms with van der Waals surface area (Å²) in [5, 5.41) is 3.66. The molecule has 19 heavy (non-hydrogen) atoms. The van der Waals surface area contributed by atoms with E-state index in [1.165, 1.54) is 18.5 Å². The Morgan fingerprint density at radius 2 is 2.00 bits per heavy atom. The Balaban J connectivity index is 2.11. The molecule has 0 bridgehead atoms. The number of hydrogen-bond acceptors (Lipinski definition) is 2. The number of fused-ring (bicyclic) bond motifs is 1. The van der Waals surface area contributed by atoms with Crippen LogP contribution in [0, 0.1) is 12.8 Å². The molecule has 0 fully saturated rings. The number of nitrogens with one attached hydrogen (secondary N) is 1. The first kappa shape index (κ1) is 14.1. The van der Waals surface area contributed by atoms with Crippen LogP contribution in [0.25, 0.3) is 5.65 Å². The monoisotopic (exact) mass is 259 g/mol. The Labute approximate surface area is 116 Å². The minimum atomic E-state index is 0.545. The summed E-state index contributed by atoms with van der Waals surface area (Å²) < 4.78 is 2.18. The highest BCUT2D eigenvalue weighted by Gasteiger charge is 2.14. The third-order valence-electron chi connectivity index (χ3n) is 4.18. The molecule has 0 amide bonds. The average molecular weight is 259 g/mol. The minimum Gasteiger partial charge on any atom is -0.308 e. The van der Waals surface area contributed by atoms with Crippen molar-refractivity contribution in [3.63, 3.8) is 0 Å². The van der Waals surface area contributed by atoms with Gasteiger partial charge in [0.1, 0.15) is 5.65 Å². The molecule has 2 heterocycles. The van der Waals surface area contributed by atoms with Gasteiger partial charge < -0.3 is 9.72 Å². The lowest BCUT2D eigenvalue weighted by Crippen LogP contribution is -2.33. The van der Waals surface area contributed by atoms with Crippen LogP contribution in [0.2, 0.25) is 0 Å². The van der Waals surface area contributed by atoms with E-state index in [0.717, 1.165) is 23.8 Å². The molecule has 0 aliphatic heterocycles. The van der Waals surface area contributed by atoms with E-state index in [0.29, 0.717) is 6.04 Å². The quantitative estimate of drug-likeness (QED) is 0.859. The van der Waals surface area contributed by atoms with Gasteiger partial charge in [-0.1, -0.05) is 32.8 Å². The molecule has 3 heteroatoms. The van der Waals surface area contributed by atoms with Crippen LogP contribution in [0.5, 0.6) is 0 Å². The van der Waals surface area contributed by atoms with Crippen LogP contribution in [-0.4, -0.2) is 15.4 Å². The van der Waals surface area contributed by atoms with E-state index in [1.807, 2.05) is 6.07 Å². The SMILES string of the molecule is CCC(CC)C(C)NCc1c(C)nc2ccccn12. The number of rotatable bonds is 6. The summed E-state index contributed by atoms with van der Waals surface area (Å²) in [5.74, 6) is 0.750. The number of aromatic nitrogens is 2. The number of hydrogen-bond donors (Lipinski definition) is 1. The van der Waals surface area contributed by atoms with Crippen LogP contribution in [0.4, 0.5) is 0 Å². The van der Waals surface area contributed by atoms with Gasteiger partial charge in [0.2, 0.25) is 0 Å². The van der Waals surface area contributed by atoms with Crippen LogP contribution >= 0.6 is 0 Å². The largest absolute Gasteiger partial charge is 0.308 e. The number of nitrogens with zero attached hydrogens (tertiary/aromatic N) is 2. The standard InChI is InChI=1S/C16H25N3/c1-5-14(6-2)12(3)17-11-15-13(4)18-16-9-7-8-10-19(15)16/h7-10,12,14,17H,5-6,11H2,1-4H3. The second-order valence-electron chi connectivity index (χ2n) is 5.32. The molecule has 0 saturated heterocycles. The fraction of sp³-hybridized carbons (Fsp3) is 0.562. The molecular weight excluding hydrogens is 234 g/mol. The molecule has 2 rings (SSSR count). The number of imidazole rings is 1. The topological polar surface area (TPSA) is 29.3 Å². The zero-order valence-corrected chi connectivity index (χ0v) is 12.5. The second kappa shape index (κ2) is 6.20. The molecule has 0 aliphatic carbocycles. The van der Waals surface area contributed by atoms with Crippen molar-refractivity contribution in [2.24, 2.45) is 5.92 Å². The molecule has 2 aromatic rings. The van der Waals surface area contributed by atoms with Gasteiger partial charge in [0.25, 0.3) is 0 Å². The van der Waals surface area contributed by atoms with Gasteiger partial charge in [-0.05, 0) is 31.9 Å². The van der Waals surface area contributed by atoms with Crippen LogP contribution in [0.15, 0.2) is 24.4 Å². The molecule has 0 aromatic carbocycles. The predicted molar refractivity (Wildman–Crippen MR) is 80.3 cm³/mol. The highest BCUT2D eigenvalue weighted by Crippen LogP contribution is 2.15. The summed E-state index contributed by atoms with van der Waals surface area (Å²) in [6.07, 6.45) is 4.56. The first-order chi connectivity index (χ1) is 9.17. The zero-order valence-electron chi connectivity index (χ0n) is 12.5. The van der Waals surface area contributed by atoms with Crippen LogP contribution in [0.1, 0.15) is 45.0 Å². The lowest BCUT2D eigenvalue weighted by atomic mass is 9.95. The molecular formula is C16H25N3. The fourth-order valence-corrected chi connectivity index (χ4v) is 2.80. The Kier molecular flexibility index (Phi) is 4.59. The lowest BCUT2D eigenvalue weighted by molar-refractivity contribution is 0.351. The Morgan fingerprint density at radius 1 is 1.26 bits per heavy atom. The minimum absolute atomic E-state index is 0.545. The van der Waals surface area contributed by atoms with Gasteiger partial charge in [0.05, 0.1) is 11.4 Å². The van der Waals surface area contributed by atoms with E-state index in [-0.39, 0.29) is 0 Å². The summed E-state index contributed by atoms with van der Waals surface area (Å²) in [5.41, 5.74) is 3.43. The maximum atomic E-state index is 4.60. The van der Waals surface area contributed by atoms with E-state index in [4.69, 9.17) is 0 Å². The fourth-order valence-electron chi connectivity index (χ4n) is 2.80. The Hall–Kier alpha value is -1.35. The van der Waals surface area contributed by atoms with Gasteiger partial charge in [0.15, 0.2) is 0 Å². The molecule has 0 saturated carbocycles. The van der Waals surface area contributed by atoms with Crippen LogP contribution < -0.4 is 5.32 Å². The van der Waals surface area contributed by atoms with Gasteiger partial charge >= 0.3 is 0 Å². The molecule has 3 nitrogen and oxygen atoms in total. The van der Waals surface area contributed by atoms with Crippen LogP contribution in [0.3, 0.4) is 0 Å². The molecule has 1 unspecified atom stereocenters. The van der Waals surface area contributed by atoms with Crippen molar-refractivity contribution in [2.75, 3.05) is 0 Å². The van der Waals surface area contributed by atoms with E-state index < -0.39 is 0 Å². The van der Waals surface area contributed by atoms with Crippen molar-refractivity contribution in [3.05, 3.63) is 35.8 Å². The smallest absolute Gasteiger partial charge is 0.137 e. The molecule has 1 atom stereocenters. The Morgan fingerprint density at radius 3 is 2.68 bits per heavy atom. The highest BCUT2D eigenvalue weighted by molar-refractivity contribution is 5.42. The summed E-state index contributed by atoms with van der Waals surface area (Å²) in [4.78, 5) is 4.60. The van der Waals surface area contributed by atoms with Crippen molar-refractivity contribution in [2.45, 2.75) is 53.1 Å². The van der Waals surface area contributed by atoms with Gasteiger partial charge in [0, 0.05) is 18.8 Å². The predicted octanol–water partition coefficient (Wildman–Crippen LogP) is 3.56. The zero-order chi connectivity index (χ0) is 13.8.